The molecule has 7 nitrogen and oxygen atoms in total. The maximum absolute atomic E-state index is 12.6. The minimum atomic E-state index is -0.422. The molecule has 4 rings (SSSR count). The van der Waals surface area contributed by atoms with Crippen molar-refractivity contribution in [1.82, 2.24) is 25.0 Å². The molecule has 0 unspecified atom stereocenters. The van der Waals surface area contributed by atoms with Crippen molar-refractivity contribution < 1.29 is 9.59 Å². The quantitative estimate of drug-likeness (QED) is 0.780. The molecule has 0 spiro atoms. The number of thioether (sulfide) groups is 1. The zero-order valence-corrected chi connectivity index (χ0v) is 16.8. The van der Waals surface area contributed by atoms with Crippen LogP contribution < -0.4 is 5.32 Å². The second-order valence-corrected chi connectivity index (χ2v) is 8.62. The van der Waals surface area contributed by atoms with E-state index in [0.717, 1.165) is 24.4 Å². The summed E-state index contributed by atoms with van der Waals surface area (Å²) in [6.45, 7) is 2.73. The summed E-state index contributed by atoms with van der Waals surface area (Å²) in [7, 11) is 0. The van der Waals surface area contributed by atoms with Gasteiger partial charge in [-0.1, -0.05) is 49.2 Å². The summed E-state index contributed by atoms with van der Waals surface area (Å²) in [6.07, 6.45) is 5.96. The molecule has 0 radical (unpaired) electrons. The van der Waals surface area contributed by atoms with Crippen LogP contribution in [0.15, 0.2) is 35.5 Å². The van der Waals surface area contributed by atoms with Crippen LogP contribution in [0, 0.1) is 0 Å². The first-order valence-electron chi connectivity index (χ1n) is 9.91. The summed E-state index contributed by atoms with van der Waals surface area (Å²) in [4.78, 5) is 30.5. The van der Waals surface area contributed by atoms with Crippen LogP contribution >= 0.6 is 11.8 Å². The number of para-hydroxylation sites is 1. The Morgan fingerprint density at radius 3 is 2.64 bits per heavy atom. The fourth-order valence-corrected chi connectivity index (χ4v) is 4.67. The summed E-state index contributed by atoms with van der Waals surface area (Å²) in [5, 5.41) is 7.56. The Morgan fingerprint density at radius 1 is 1.21 bits per heavy atom. The SMILES string of the molecule is C[C@@H](Sc1nc(C2CCCCC2)n(-c2ccccc2)n1)C(=O)N1CCNC1=O. The molecule has 2 aromatic rings. The lowest BCUT2D eigenvalue weighted by Gasteiger charge is -2.21. The standard InChI is InChI=1S/C20H25N5O2S/c1-14(18(26)24-13-12-21-20(24)27)28-19-22-17(15-8-4-2-5-9-15)25(23-19)16-10-6-3-7-11-16/h3,6-7,10-11,14-15H,2,4-5,8-9,12-13H2,1H3,(H,21,27)/t14-/m1/s1. The maximum atomic E-state index is 12.6. The molecule has 1 saturated heterocycles. The smallest absolute Gasteiger partial charge is 0.324 e. The van der Waals surface area contributed by atoms with Gasteiger partial charge < -0.3 is 5.32 Å². The van der Waals surface area contributed by atoms with E-state index in [1.54, 1.807) is 0 Å². The fraction of sp³-hybridized carbons (Fsp3) is 0.500. The number of amides is 3. The molecule has 148 valence electrons. The lowest BCUT2D eigenvalue weighted by atomic mass is 9.88. The highest BCUT2D eigenvalue weighted by molar-refractivity contribution is 8.00. The summed E-state index contributed by atoms with van der Waals surface area (Å²) >= 11 is 1.32. The number of hydrogen-bond donors (Lipinski definition) is 1. The third-order valence-corrected chi connectivity index (χ3v) is 6.28. The minimum Gasteiger partial charge on any atom is -0.336 e. The van der Waals surface area contributed by atoms with E-state index in [2.05, 4.69) is 5.32 Å². The molecule has 3 amide bonds. The average molecular weight is 400 g/mol. The molecular weight excluding hydrogens is 374 g/mol. The van der Waals surface area contributed by atoms with Gasteiger partial charge in [-0.25, -0.2) is 14.5 Å². The molecule has 1 saturated carbocycles. The predicted molar refractivity (Wildman–Crippen MR) is 108 cm³/mol. The van der Waals surface area contributed by atoms with Gasteiger partial charge in [-0.15, -0.1) is 5.10 Å². The summed E-state index contributed by atoms with van der Waals surface area (Å²) in [6, 6.07) is 9.71. The third-order valence-electron chi connectivity index (χ3n) is 5.34. The molecule has 1 N–H and O–H groups in total. The maximum Gasteiger partial charge on any atom is 0.324 e. The number of imide groups is 1. The molecule has 1 aromatic heterocycles. The number of rotatable bonds is 5. The number of hydrogen-bond acceptors (Lipinski definition) is 5. The Labute approximate surface area is 168 Å². The average Bonchev–Trinajstić information content (AvgIpc) is 3.35. The van der Waals surface area contributed by atoms with Crippen LogP contribution in [-0.4, -0.2) is 49.9 Å². The first-order chi connectivity index (χ1) is 13.6. The molecule has 1 aliphatic heterocycles. The van der Waals surface area contributed by atoms with Gasteiger partial charge in [-0.2, -0.15) is 0 Å². The Hall–Kier alpha value is -2.35. The second-order valence-electron chi connectivity index (χ2n) is 7.32. The van der Waals surface area contributed by atoms with E-state index in [9.17, 15) is 9.59 Å². The molecule has 8 heteroatoms. The topological polar surface area (TPSA) is 80.1 Å². The van der Waals surface area contributed by atoms with Crippen molar-refractivity contribution in [2.45, 2.75) is 55.4 Å². The van der Waals surface area contributed by atoms with Crippen LogP contribution in [0.5, 0.6) is 0 Å². The first kappa shape index (κ1) is 19.0. The molecule has 1 atom stereocenters. The number of urea groups is 1. The highest BCUT2D eigenvalue weighted by Crippen LogP contribution is 2.34. The van der Waals surface area contributed by atoms with Gasteiger partial charge in [-0.05, 0) is 31.9 Å². The van der Waals surface area contributed by atoms with Crippen molar-refractivity contribution >= 4 is 23.7 Å². The van der Waals surface area contributed by atoms with E-state index in [-0.39, 0.29) is 11.9 Å². The van der Waals surface area contributed by atoms with E-state index >= 15 is 0 Å². The van der Waals surface area contributed by atoms with E-state index in [1.165, 1.54) is 35.9 Å². The fourth-order valence-electron chi connectivity index (χ4n) is 3.85. The number of benzene rings is 1. The Morgan fingerprint density at radius 2 is 1.96 bits per heavy atom. The largest absolute Gasteiger partial charge is 0.336 e. The highest BCUT2D eigenvalue weighted by Gasteiger charge is 2.31. The minimum absolute atomic E-state index is 0.199. The van der Waals surface area contributed by atoms with Gasteiger partial charge in [0.1, 0.15) is 5.82 Å². The second kappa shape index (κ2) is 8.34. The van der Waals surface area contributed by atoms with Crippen molar-refractivity contribution in [3.05, 3.63) is 36.2 Å². The number of carbonyl (C=O) groups excluding carboxylic acids is 2. The van der Waals surface area contributed by atoms with E-state index < -0.39 is 5.25 Å². The lowest BCUT2D eigenvalue weighted by Crippen LogP contribution is -2.38. The van der Waals surface area contributed by atoms with Gasteiger partial charge in [0.2, 0.25) is 11.1 Å². The van der Waals surface area contributed by atoms with Crippen molar-refractivity contribution in [2.75, 3.05) is 13.1 Å². The van der Waals surface area contributed by atoms with Crippen LogP contribution in [0.2, 0.25) is 0 Å². The van der Waals surface area contributed by atoms with Crippen molar-refractivity contribution in [1.29, 1.82) is 0 Å². The van der Waals surface area contributed by atoms with Gasteiger partial charge in [0.05, 0.1) is 10.9 Å². The highest BCUT2D eigenvalue weighted by atomic mass is 32.2. The van der Waals surface area contributed by atoms with Crippen LogP contribution in [0.1, 0.15) is 50.8 Å². The molecule has 2 heterocycles. The number of nitrogens with one attached hydrogen (secondary N) is 1. The van der Waals surface area contributed by atoms with Crippen LogP contribution in [0.25, 0.3) is 5.69 Å². The molecular formula is C20H25N5O2S. The predicted octanol–water partition coefficient (Wildman–Crippen LogP) is 3.35. The molecule has 28 heavy (non-hydrogen) atoms. The van der Waals surface area contributed by atoms with E-state index in [1.807, 2.05) is 41.9 Å². The normalized spacial score (nSPS) is 18.9. The number of aromatic nitrogens is 3. The van der Waals surface area contributed by atoms with Gasteiger partial charge >= 0.3 is 6.03 Å². The van der Waals surface area contributed by atoms with Crippen LogP contribution in [0.3, 0.4) is 0 Å². The van der Waals surface area contributed by atoms with Crippen molar-refractivity contribution in [2.24, 2.45) is 0 Å². The van der Waals surface area contributed by atoms with Crippen molar-refractivity contribution in [3.63, 3.8) is 0 Å². The lowest BCUT2D eigenvalue weighted by molar-refractivity contribution is -0.126. The van der Waals surface area contributed by atoms with Crippen LogP contribution in [0.4, 0.5) is 4.79 Å². The van der Waals surface area contributed by atoms with E-state index in [0.29, 0.717) is 24.2 Å². The number of nitrogens with zero attached hydrogens (tertiary/aromatic N) is 4. The first-order valence-corrected chi connectivity index (χ1v) is 10.8. The van der Waals surface area contributed by atoms with Crippen molar-refractivity contribution in [3.8, 4) is 5.69 Å². The van der Waals surface area contributed by atoms with Crippen LogP contribution in [-0.2, 0) is 4.79 Å². The molecule has 2 fully saturated rings. The molecule has 1 aliphatic carbocycles. The Balaban J connectivity index is 1.58. The third kappa shape index (κ3) is 3.92. The Kier molecular flexibility index (Phi) is 5.66. The van der Waals surface area contributed by atoms with Gasteiger partial charge in [0, 0.05) is 19.0 Å². The molecule has 0 bridgehead atoms. The zero-order valence-electron chi connectivity index (χ0n) is 16.0. The Bertz CT molecular complexity index is 848. The van der Waals surface area contributed by atoms with Gasteiger partial charge in [0.15, 0.2) is 0 Å². The zero-order chi connectivity index (χ0) is 19.5. The monoisotopic (exact) mass is 399 g/mol. The van der Waals surface area contributed by atoms with Gasteiger partial charge in [0.25, 0.3) is 0 Å². The summed E-state index contributed by atoms with van der Waals surface area (Å²) in [5.41, 5.74) is 0.986. The van der Waals surface area contributed by atoms with E-state index in [4.69, 9.17) is 10.1 Å². The molecule has 1 aromatic carbocycles. The molecule has 2 aliphatic rings. The summed E-state index contributed by atoms with van der Waals surface area (Å²) < 4.78 is 1.93. The number of carbonyl (C=O) groups is 2. The van der Waals surface area contributed by atoms with Gasteiger partial charge in [-0.3, -0.25) is 9.69 Å². The summed E-state index contributed by atoms with van der Waals surface area (Å²) in [5.74, 6) is 1.17.